The van der Waals surface area contributed by atoms with Crippen molar-refractivity contribution in [1.29, 1.82) is 0 Å². The van der Waals surface area contributed by atoms with Gasteiger partial charge >= 0.3 is 0 Å². The number of benzene rings is 2. The summed E-state index contributed by atoms with van der Waals surface area (Å²) >= 11 is 17.7. The van der Waals surface area contributed by atoms with Gasteiger partial charge in [0.25, 0.3) is 11.8 Å². The normalized spacial score (nSPS) is 16.7. The van der Waals surface area contributed by atoms with E-state index < -0.39 is 0 Å². The number of thioether (sulfide) groups is 2. The number of halogens is 2. The maximum absolute atomic E-state index is 13.2. The Morgan fingerprint density at radius 1 is 0.614 bits per heavy atom. The molecule has 8 nitrogen and oxygen atoms in total. The Morgan fingerprint density at radius 3 is 1.34 bits per heavy atom. The lowest BCUT2D eigenvalue weighted by molar-refractivity contribution is -0.124. The van der Waals surface area contributed by atoms with Crippen molar-refractivity contribution in [2.75, 3.05) is 23.7 Å². The van der Waals surface area contributed by atoms with E-state index in [4.69, 9.17) is 24.4 Å². The summed E-state index contributed by atoms with van der Waals surface area (Å²) in [5.74, 6) is -0.614. The monoisotopic (exact) mass is 892 g/mol. The van der Waals surface area contributed by atoms with Crippen LogP contribution in [-0.4, -0.2) is 55.2 Å². The fourth-order valence-electron chi connectivity index (χ4n) is 4.43. The molecule has 2 fully saturated rings. The molecule has 2 aromatic rings. The minimum absolute atomic E-state index is 0.0396. The van der Waals surface area contributed by atoms with Crippen molar-refractivity contribution in [3.8, 4) is 0 Å². The van der Waals surface area contributed by atoms with Gasteiger partial charge in [-0.2, -0.15) is 0 Å². The number of nitrogens with one attached hydrogen (secondary N) is 2. The number of unbranched alkanes of at least 4 members (excludes halogenated alkanes) is 4. The summed E-state index contributed by atoms with van der Waals surface area (Å²) in [6, 6.07) is 15.3. The van der Waals surface area contributed by atoms with Crippen molar-refractivity contribution in [2.45, 2.75) is 51.4 Å². The van der Waals surface area contributed by atoms with Crippen LogP contribution in [-0.2, 0) is 19.2 Å². The maximum atomic E-state index is 13.2. The van der Waals surface area contributed by atoms with Crippen LogP contribution in [0.15, 0.2) is 58.3 Å². The number of nitrogens with zero attached hydrogens (tertiary/aromatic N) is 2. The number of anilines is 2. The lowest BCUT2D eigenvalue weighted by Crippen LogP contribution is -2.31. The Labute approximate surface area is 303 Å². The van der Waals surface area contributed by atoms with Crippen LogP contribution in [0.4, 0.5) is 11.4 Å². The molecule has 0 saturated carbocycles. The first-order valence-corrected chi connectivity index (χ1v) is 18.7. The molecular formula is C30H30I2N4O4S4. The highest BCUT2D eigenvalue weighted by molar-refractivity contribution is 14.1. The molecule has 2 saturated heterocycles. The molecule has 2 aliphatic heterocycles. The van der Waals surface area contributed by atoms with Gasteiger partial charge in [-0.3, -0.25) is 29.0 Å². The van der Waals surface area contributed by atoms with E-state index in [2.05, 4.69) is 55.8 Å². The third-order valence-electron chi connectivity index (χ3n) is 6.73. The summed E-state index contributed by atoms with van der Waals surface area (Å²) < 4.78 is 3.06. The molecule has 2 aliphatic rings. The molecule has 0 radical (unpaired) electrons. The van der Waals surface area contributed by atoms with E-state index in [9.17, 15) is 19.2 Å². The van der Waals surface area contributed by atoms with Gasteiger partial charge in [0.2, 0.25) is 11.8 Å². The van der Waals surface area contributed by atoms with E-state index >= 15 is 0 Å². The van der Waals surface area contributed by atoms with Crippen LogP contribution < -0.4 is 10.6 Å². The van der Waals surface area contributed by atoms with Crippen molar-refractivity contribution < 1.29 is 19.2 Å². The number of carbonyl (C=O) groups excluding carboxylic acids is 4. The Morgan fingerprint density at radius 2 is 0.977 bits per heavy atom. The highest BCUT2D eigenvalue weighted by atomic mass is 127. The predicted molar refractivity (Wildman–Crippen MR) is 203 cm³/mol. The van der Waals surface area contributed by atoms with Crippen LogP contribution in [0.5, 0.6) is 0 Å². The molecular weight excluding hydrogens is 862 g/mol. The lowest BCUT2D eigenvalue weighted by Gasteiger charge is -2.14. The first-order chi connectivity index (χ1) is 21.1. The average Bonchev–Trinajstić information content (AvgIpc) is 3.43. The van der Waals surface area contributed by atoms with E-state index in [0.717, 1.165) is 54.9 Å². The number of carbonyl (C=O) groups is 4. The zero-order chi connectivity index (χ0) is 31.6. The topological polar surface area (TPSA) is 98.8 Å². The largest absolute Gasteiger partial charge is 0.326 e. The van der Waals surface area contributed by atoms with Crippen LogP contribution in [0.1, 0.15) is 51.4 Å². The van der Waals surface area contributed by atoms with Crippen LogP contribution in [0.3, 0.4) is 0 Å². The third kappa shape index (κ3) is 10.2. The molecule has 0 atom stereocenters. The minimum atomic E-state index is -0.268. The Balaban J connectivity index is 1.16. The number of hydrogen-bond acceptors (Lipinski definition) is 8. The van der Waals surface area contributed by atoms with Gasteiger partial charge in [-0.05, 0) is 119 Å². The van der Waals surface area contributed by atoms with Gasteiger partial charge in [0.05, 0.1) is 9.81 Å². The standard InChI is InChI=1S/C30H30I2N4O4S4/c31-19-9-13-21(14-10-19)33-23(37)7-3-1-5-17-35-27(39)25(43-29(35)41)26-28(40)36(30(42)44-26)18-6-2-4-8-24(38)34-22-15-11-20(32)12-16-22/h9-16H,1-8,17-18H2,(H,33,37)(H,34,38). The van der Waals surface area contributed by atoms with Gasteiger partial charge in [0.15, 0.2) is 0 Å². The van der Waals surface area contributed by atoms with E-state index in [-0.39, 0.29) is 23.6 Å². The molecule has 0 spiro atoms. The summed E-state index contributed by atoms with van der Waals surface area (Å²) in [5, 5.41) is 5.79. The highest BCUT2D eigenvalue weighted by Gasteiger charge is 2.41. The Kier molecular flexibility index (Phi) is 13.9. The number of thiocarbonyl (C=S) groups is 2. The summed E-state index contributed by atoms with van der Waals surface area (Å²) in [4.78, 5) is 54.6. The predicted octanol–water partition coefficient (Wildman–Crippen LogP) is 7.53. The Hall–Kier alpha value is -1.60. The van der Waals surface area contributed by atoms with E-state index in [1.54, 1.807) is 0 Å². The summed E-state index contributed by atoms with van der Waals surface area (Å²) in [6.45, 7) is 0.870. The molecule has 14 heteroatoms. The van der Waals surface area contributed by atoms with Gasteiger partial charge in [-0.1, -0.05) is 60.8 Å². The van der Waals surface area contributed by atoms with E-state index in [1.165, 1.54) is 9.80 Å². The number of amides is 4. The highest BCUT2D eigenvalue weighted by Crippen LogP contribution is 2.42. The average molecular weight is 893 g/mol. The van der Waals surface area contributed by atoms with Crippen molar-refractivity contribution in [3.05, 3.63) is 65.5 Å². The fourth-order valence-corrected chi connectivity index (χ4v) is 7.92. The van der Waals surface area contributed by atoms with Crippen molar-refractivity contribution in [1.82, 2.24) is 9.80 Å². The molecule has 0 aromatic heterocycles. The second kappa shape index (κ2) is 17.4. The molecule has 4 rings (SSSR count). The second-order valence-corrected chi connectivity index (χ2v) is 15.8. The SMILES string of the molecule is O=C(CCCCCN1C(=O)C(=C2SC(=S)N(CCCCCC(=O)Nc3ccc(I)cc3)C2=O)SC1=S)Nc1ccc(I)cc1. The number of rotatable bonds is 14. The molecule has 0 unspecified atom stereocenters. The van der Waals surface area contributed by atoms with Gasteiger partial charge in [-0.15, -0.1) is 0 Å². The molecule has 2 heterocycles. The second-order valence-electron chi connectivity index (χ2n) is 10.0. The summed E-state index contributed by atoms with van der Waals surface area (Å²) in [6.07, 6.45) is 5.10. The molecule has 0 aliphatic carbocycles. The lowest BCUT2D eigenvalue weighted by atomic mass is 10.1. The molecule has 232 valence electrons. The van der Waals surface area contributed by atoms with E-state index in [0.29, 0.717) is 70.1 Å². The minimum Gasteiger partial charge on any atom is -0.326 e. The fraction of sp³-hybridized carbons (Fsp3) is 0.333. The molecule has 2 N–H and O–H groups in total. The third-order valence-corrected chi connectivity index (χ3v) is 11.2. The van der Waals surface area contributed by atoms with Gasteiger partial charge in [0, 0.05) is 44.4 Å². The van der Waals surface area contributed by atoms with Crippen LogP contribution in [0.25, 0.3) is 0 Å². The first-order valence-electron chi connectivity index (χ1n) is 14.0. The molecule has 44 heavy (non-hydrogen) atoms. The van der Waals surface area contributed by atoms with Crippen LogP contribution >= 0.6 is 93.1 Å². The maximum Gasteiger partial charge on any atom is 0.267 e. The van der Waals surface area contributed by atoms with Gasteiger partial charge < -0.3 is 10.6 Å². The van der Waals surface area contributed by atoms with Crippen molar-refractivity contribution in [2.24, 2.45) is 0 Å². The van der Waals surface area contributed by atoms with Crippen LogP contribution in [0, 0.1) is 7.14 Å². The van der Waals surface area contributed by atoms with Crippen LogP contribution in [0.2, 0.25) is 0 Å². The van der Waals surface area contributed by atoms with Crippen molar-refractivity contribution >= 4 is 137 Å². The first kappa shape index (κ1) is 35.3. The molecule has 4 amide bonds. The van der Waals surface area contributed by atoms with E-state index in [1.807, 2.05) is 48.5 Å². The van der Waals surface area contributed by atoms with Crippen molar-refractivity contribution in [3.63, 3.8) is 0 Å². The smallest absolute Gasteiger partial charge is 0.267 e. The quantitative estimate of drug-likeness (QED) is 0.0871. The van der Waals surface area contributed by atoms with Gasteiger partial charge in [0.1, 0.15) is 8.64 Å². The van der Waals surface area contributed by atoms with Gasteiger partial charge in [-0.25, -0.2) is 0 Å². The molecule has 2 aromatic carbocycles. The number of hydrogen-bond donors (Lipinski definition) is 2. The zero-order valence-electron chi connectivity index (χ0n) is 23.6. The summed E-state index contributed by atoms with van der Waals surface area (Å²) in [7, 11) is 0. The zero-order valence-corrected chi connectivity index (χ0v) is 31.2. The molecule has 0 bridgehead atoms. The summed E-state index contributed by atoms with van der Waals surface area (Å²) in [5.41, 5.74) is 1.55. The Bertz CT molecular complexity index is 1360.